The molecule has 1 aliphatic heterocycles. The van der Waals surface area contributed by atoms with Crippen LogP contribution in [0.5, 0.6) is 11.5 Å². The van der Waals surface area contributed by atoms with Crippen LogP contribution in [0.25, 0.3) is 0 Å². The third-order valence-corrected chi connectivity index (χ3v) is 3.56. The minimum atomic E-state index is -4.36. The van der Waals surface area contributed by atoms with Crippen LogP contribution in [0.1, 0.15) is 11.6 Å². The lowest BCUT2D eigenvalue weighted by Gasteiger charge is -2.36. The number of alkyl halides is 3. The summed E-state index contributed by atoms with van der Waals surface area (Å²) in [7, 11) is 2.83. The van der Waals surface area contributed by atoms with Gasteiger partial charge in [0.05, 0.1) is 14.2 Å². The molecule has 0 radical (unpaired) electrons. The molecule has 134 valence electrons. The van der Waals surface area contributed by atoms with Crippen LogP contribution in [0.15, 0.2) is 18.2 Å². The Labute approximate surface area is 146 Å². The van der Waals surface area contributed by atoms with Crippen molar-refractivity contribution in [1.82, 2.24) is 10.2 Å². The molecule has 4 nitrogen and oxygen atoms in total. The predicted octanol–water partition coefficient (Wildman–Crippen LogP) is 3.06. The van der Waals surface area contributed by atoms with E-state index in [0.717, 1.165) is 0 Å². The maximum atomic E-state index is 13.5. The quantitative estimate of drug-likeness (QED) is 0.875. The van der Waals surface area contributed by atoms with E-state index in [1.807, 2.05) is 0 Å². The molecule has 1 fully saturated rings. The fourth-order valence-electron chi connectivity index (χ4n) is 2.56. The molecule has 9 heteroatoms. The summed E-state index contributed by atoms with van der Waals surface area (Å²) in [5, 5.41) is 3.06. The van der Waals surface area contributed by atoms with Crippen molar-refractivity contribution in [3.05, 3.63) is 23.8 Å². The summed E-state index contributed by atoms with van der Waals surface area (Å²) >= 11 is 0. The molecule has 0 bridgehead atoms. The molecule has 0 aromatic heterocycles. The summed E-state index contributed by atoms with van der Waals surface area (Å²) in [6.07, 6.45) is -4.36. The number of rotatable bonds is 4. The summed E-state index contributed by atoms with van der Waals surface area (Å²) in [4.78, 5) is 1.43. The zero-order valence-electron chi connectivity index (χ0n) is 12.9. The van der Waals surface area contributed by atoms with E-state index in [4.69, 9.17) is 9.47 Å². The summed E-state index contributed by atoms with van der Waals surface area (Å²) in [6, 6.07) is 2.77. The van der Waals surface area contributed by atoms with Crippen LogP contribution in [0.4, 0.5) is 13.2 Å². The Balaban J connectivity index is 0.00000242. The predicted molar refractivity (Wildman–Crippen MR) is 87.3 cm³/mol. The van der Waals surface area contributed by atoms with Crippen LogP contribution in [0.2, 0.25) is 0 Å². The number of benzene rings is 1. The van der Waals surface area contributed by atoms with E-state index in [1.165, 1.54) is 37.3 Å². The molecular weight excluding hydrogens is 356 g/mol. The van der Waals surface area contributed by atoms with Gasteiger partial charge >= 0.3 is 6.18 Å². The first-order chi connectivity index (χ1) is 9.97. The molecule has 1 heterocycles. The highest BCUT2D eigenvalue weighted by Crippen LogP contribution is 2.42. The molecule has 0 saturated carbocycles. The minimum absolute atomic E-state index is 0. The SMILES string of the molecule is COc1ccc([C@@H](N2CCNCC2)C(F)(F)F)c(OC)c1.Cl.Cl. The van der Waals surface area contributed by atoms with Gasteiger partial charge in [-0.1, -0.05) is 0 Å². The zero-order valence-corrected chi connectivity index (χ0v) is 14.5. The number of ether oxygens (including phenoxy) is 2. The Morgan fingerprint density at radius 3 is 2.17 bits per heavy atom. The van der Waals surface area contributed by atoms with E-state index in [-0.39, 0.29) is 36.1 Å². The van der Waals surface area contributed by atoms with Crippen LogP contribution in [-0.4, -0.2) is 51.5 Å². The van der Waals surface area contributed by atoms with Gasteiger partial charge in [0, 0.05) is 37.8 Å². The molecule has 1 atom stereocenters. The molecule has 23 heavy (non-hydrogen) atoms. The number of halogens is 5. The molecule has 0 unspecified atom stereocenters. The monoisotopic (exact) mass is 376 g/mol. The topological polar surface area (TPSA) is 33.7 Å². The van der Waals surface area contributed by atoms with Crippen LogP contribution >= 0.6 is 24.8 Å². The highest BCUT2D eigenvalue weighted by atomic mass is 35.5. The fraction of sp³-hybridized carbons (Fsp3) is 0.571. The van der Waals surface area contributed by atoms with Gasteiger partial charge < -0.3 is 14.8 Å². The van der Waals surface area contributed by atoms with Crippen LogP contribution in [-0.2, 0) is 0 Å². The lowest BCUT2D eigenvalue weighted by atomic mass is 10.0. The molecule has 1 aliphatic rings. The lowest BCUT2D eigenvalue weighted by Crippen LogP contribution is -2.49. The standard InChI is InChI=1S/C14H19F3N2O2.2ClH/c1-20-10-3-4-11(12(9-10)21-2)13(14(15,16)17)19-7-5-18-6-8-19;;/h3-4,9,13,18H,5-8H2,1-2H3;2*1H/t13-;;/m1../s1. The van der Waals surface area contributed by atoms with E-state index in [2.05, 4.69) is 5.32 Å². The van der Waals surface area contributed by atoms with Gasteiger partial charge in [0.15, 0.2) is 0 Å². The van der Waals surface area contributed by atoms with Gasteiger partial charge in [-0.25, -0.2) is 0 Å². The van der Waals surface area contributed by atoms with Gasteiger partial charge in [-0.3, -0.25) is 4.90 Å². The number of piperazine rings is 1. The van der Waals surface area contributed by atoms with Gasteiger partial charge in [0.2, 0.25) is 0 Å². The molecule has 1 aromatic carbocycles. The van der Waals surface area contributed by atoms with Gasteiger partial charge in [0.25, 0.3) is 0 Å². The number of hydrogen-bond acceptors (Lipinski definition) is 4. The van der Waals surface area contributed by atoms with Gasteiger partial charge in [-0.2, -0.15) is 13.2 Å². The molecule has 0 aliphatic carbocycles. The summed E-state index contributed by atoms with van der Waals surface area (Å²) in [5.41, 5.74) is 0.118. The Bertz CT molecular complexity index is 484. The van der Waals surface area contributed by atoms with Crippen molar-refractivity contribution in [2.24, 2.45) is 0 Å². The van der Waals surface area contributed by atoms with Gasteiger partial charge in [-0.05, 0) is 12.1 Å². The number of nitrogens with one attached hydrogen (secondary N) is 1. The van der Waals surface area contributed by atoms with E-state index in [1.54, 1.807) is 0 Å². The van der Waals surface area contributed by atoms with Crippen molar-refractivity contribution < 1.29 is 22.6 Å². The number of hydrogen-bond donors (Lipinski definition) is 1. The smallest absolute Gasteiger partial charge is 0.408 e. The van der Waals surface area contributed by atoms with Crippen LogP contribution in [0, 0.1) is 0 Å². The average molecular weight is 377 g/mol. The molecule has 1 N–H and O–H groups in total. The van der Waals surface area contributed by atoms with E-state index < -0.39 is 12.2 Å². The van der Waals surface area contributed by atoms with Crippen molar-refractivity contribution in [1.29, 1.82) is 0 Å². The third-order valence-electron chi connectivity index (χ3n) is 3.56. The first-order valence-corrected chi connectivity index (χ1v) is 6.70. The maximum absolute atomic E-state index is 13.5. The molecule has 2 rings (SSSR count). The Kier molecular flexibility index (Phi) is 9.05. The average Bonchev–Trinajstić information content (AvgIpc) is 2.47. The van der Waals surface area contributed by atoms with E-state index >= 15 is 0 Å². The second-order valence-corrected chi connectivity index (χ2v) is 4.84. The van der Waals surface area contributed by atoms with Crippen LogP contribution in [0.3, 0.4) is 0 Å². The summed E-state index contributed by atoms with van der Waals surface area (Å²) in [5.74, 6) is 0.659. The second-order valence-electron chi connectivity index (χ2n) is 4.84. The Hall–Kier alpha value is -0.890. The fourth-order valence-corrected chi connectivity index (χ4v) is 2.56. The first kappa shape index (κ1) is 22.1. The number of methoxy groups -OCH3 is 2. The van der Waals surface area contributed by atoms with Crippen molar-refractivity contribution in [2.75, 3.05) is 40.4 Å². The van der Waals surface area contributed by atoms with Crippen LogP contribution < -0.4 is 14.8 Å². The van der Waals surface area contributed by atoms with Gasteiger partial charge in [-0.15, -0.1) is 24.8 Å². The lowest BCUT2D eigenvalue weighted by molar-refractivity contribution is -0.188. The highest BCUT2D eigenvalue weighted by molar-refractivity contribution is 5.85. The molecular formula is C14H21Cl2F3N2O2. The Morgan fingerprint density at radius 2 is 1.70 bits per heavy atom. The largest absolute Gasteiger partial charge is 0.497 e. The van der Waals surface area contributed by atoms with E-state index in [9.17, 15) is 13.2 Å². The highest BCUT2D eigenvalue weighted by Gasteiger charge is 2.46. The van der Waals surface area contributed by atoms with Crippen molar-refractivity contribution in [2.45, 2.75) is 12.2 Å². The molecule has 0 spiro atoms. The Morgan fingerprint density at radius 1 is 1.09 bits per heavy atom. The van der Waals surface area contributed by atoms with E-state index in [0.29, 0.717) is 31.9 Å². The van der Waals surface area contributed by atoms with Gasteiger partial charge in [0.1, 0.15) is 17.5 Å². The zero-order chi connectivity index (χ0) is 15.5. The minimum Gasteiger partial charge on any atom is -0.497 e. The summed E-state index contributed by atoms with van der Waals surface area (Å²) < 4.78 is 50.8. The normalized spacial score (nSPS) is 16.7. The van der Waals surface area contributed by atoms with Crippen molar-refractivity contribution in [3.63, 3.8) is 0 Å². The van der Waals surface area contributed by atoms with Crippen molar-refractivity contribution >= 4 is 24.8 Å². The molecule has 1 aromatic rings. The maximum Gasteiger partial charge on any atom is 0.408 e. The number of nitrogens with zero attached hydrogens (tertiary/aromatic N) is 1. The molecule has 0 amide bonds. The second kappa shape index (κ2) is 9.42. The molecule has 1 saturated heterocycles. The van der Waals surface area contributed by atoms with Crippen molar-refractivity contribution in [3.8, 4) is 11.5 Å². The first-order valence-electron chi connectivity index (χ1n) is 6.70. The third kappa shape index (κ3) is 5.31. The summed E-state index contributed by atoms with van der Waals surface area (Å²) in [6.45, 7) is 1.79.